The van der Waals surface area contributed by atoms with Gasteiger partial charge in [0.05, 0.1) is 18.7 Å². The number of fused-ring (bicyclic) bond motifs is 3. The van der Waals surface area contributed by atoms with Crippen LogP contribution in [0.4, 0.5) is 0 Å². The molecule has 0 saturated carbocycles. The highest BCUT2D eigenvalue weighted by Crippen LogP contribution is 2.31. The fourth-order valence-electron chi connectivity index (χ4n) is 4.24. The molecule has 5 heterocycles. The van der Waals surface area contributed by atoms with Gasteiger partial charge in [0.1, 0.15) is 5.52 Å². The summed E-state index contributed by atoms with van der Waals surface area (Å²) < 4.78 is 14.9. The Morgan fingerprint density at radius 1 is 1.11 bits per heavy atom. The number of amides is 1. The van der Waals surface area contributed by atoms with Gasteiger partial charge in [0, 0.05) is 51.3 Å². The van der Waals surface area contributed by atoms with Crippen LogP contribution >= 0.6 is 0 Å². The van der Waals surface area contributed by atoms with Crippen LogP contribution in [0.5, 0.6) is 0 Å². The van der Waals surface area contributed by atoms with Crippen LogP contribution in [-0.4, -0.2) is 56.8 Å². The van der Waals surface area contributed by atoms with E-state index >= 15 is 0 Å². The van der Waals surface area contributed by atoms with Crippen LogP contribution in [0.25, 0.3) is 16.7 Å². The number of nitrogens with zero attached hydrogens (tertiary/aromatic N) is 4. The largest absolute Gasteiger partial charge is 0.347 e. The smallest absolute Gasteiger partial charge is 0.276 e. The number of carbonyl (C=O) groups excluding carboxylic acids is 1. The third kappa shape index (κ3) is 2.80. The molecule has 0 aliphatic carbocycles. The van der Waals surface area contributed by atoms with Crippen molar-refractivity contribution in [2.45, 2.75) is 31.6 Å². The molecule has 2 saturated heterocycles. The Labute approximate surface area is 161 Å². The molecule has 3 aromatic heterocycles. The number of aromatic nitrogens is 3. The van der Waals surface area contributed by atoms with E-state index < -0.39 is 5.79 Å². The summed E-state index contributed by atoms with van der Waals surface area (Å²) in [6.45, 7) is 2.79. The van der Waals surface area contributed by atoms with E-state index in [0.29, 0.717) is 56.9 Å². The number of ether oxygens (including phenoxy) is 2. The highest BCUT2D eigenvalue weighted by Gasteiger charge is 2.40. The summed E-state index contributed by atoms with van der Waals surface area (Å²) in [4.78, 5) is 31.9. The van der Waals surface area contributed by atoms with Gasteiger partial charge in [-0.05, 0) is 24.3 Å². The summed E-state index contributed by atoms with van der Waals surface area (Å²) in [5, 5.41) is 0. The lowest BCUT2D eigenvalue weighted by atomic mass is 10.0. The van der Waals surface area contributed by atoms with Gasteiger partial charge >= 0.3 is 0 Å². The molecular weight excluding hydrogens is 360 g/mol. The molecule has 0 unspecified atom stereocenters. The fourth-order valence-corrected chi connectivity index (χ4v) is 4.24. The summed E-state index contributed by atoms with van der Waals surface area (Å²) in [5.41, 5.74) is 1.90. The molecule has 146 valence electrons. The van der Waals surface area contributed by atoms with Crippen LogP contribution in [0.1, 0.15) is 19.3 Å². The monoisotopic (exact) mass is 382 g/mol. The molecule has 1 amide bonds. The van der Waals surface area contributed by atoms with Crippen molar-refractivity contribution in [2.75, 3.05) is 26.3 Å². The third-order valence-corrected chi connectivity index (χ3v) is 5.74. The Morgan fingerprint density at radius 3 is 2.64 bits per heavy atom. The predicted octanol–water partition coefficient (Wildman–Crippen LogP) is 1.40. The summed E-state index contributed by atoms with van der Waals surface area (Å²) >= 11 is 0. The third-order valence-electron chi connectivity index (χ3n) is 5.74. The Balaban J connectivity index is 1.35. The first-order valence-corrected chi connectivity index (χ1v) is 9.67. The van der Waals surface area contributed by atoms with Crippen LogP contribution in [0, 0.1) is 0 Å². The standard InChI is InChI=1S/C20H22N4O4/c25-17(22-11-6-20(7-12-22)27-13-14-28-20)5-10-24-18-15(3-1-8-21-18)23-9-2-4-16(23)19(24)26/h1-4,8-9H,5-7,10-14H2. The number of hydrogen-bond donors (Lipinski definition) is 0. The van der Waals surface area contributed by atoms with Crippen molar-refractivity contribution in [1.82, 2.24) is 18.9 Å². The number of hydrogen-bond acceptors (Lipinski definition) is 5. The first kappa shape index (κ1) is 17.4. The van der Waals surface area contributed by atoms with Crippen LogP contribution in [0.2, 0.25) is 0 Å². The maximum absolute atomic E-state index is 12.9. The van der Waals surface area contributed by atoms with Crippen LogP contribution in [-0.2, 0) is 20.8 Å². The second kappa shape index (κ2) is 6.72. The number of aryl methyl sites for hydroxylation is 1. The molecule has 8 heteroatoms. The van der Waals surface area contributed by atoms with E-state index in [9.17, 15) is 9.59 Å². The zero-order chi connectivity index (χ0) is 19.1. The molecule has 2 fully saturated rings. The van der Waals surface area contributed by atoms with Crippen molar-refractivity contribution in [3.8, 4) is 0 Å². The Bertz CT molecular complexity index is 1090. The van der Waals surface area contributed by atoms with Gasteiger partial charge in [-0.1, -0.05) is 0 Å². The zero-order valence-electron chi connectivity index (χ0n) is 15.5. The van der Waals surface area contributed by atoms with Crippen molar-refractivity contribution >= 4 is 22.6 Å². The average molecular weight is 382 g/mol. The van der Waals surface area contributed by atoms with Gasteiger partial charge in [0.2, 0.25) is 5.91 Å². The van der Waals surface area contributed by atoms with E-state index in [1.165, 1.54) is 0 Å². The molecular formula is C20H22N4O4. The van der Waals surface area contributed by atoms with E-state index in [-0.39, 0.29) is 17.9 Å². The molecule has 2 aliphatic heterocycles. The maximum Gasteiger partial charge on any atom is 0.276 e. The topological polar surface area (TPSA) is 78.1 Å². The van der Waals surface area contributed by atoms with Crippen LogP contribution < -0.4 is 5.56 Å². The maximum atomic E-state index is 12.9. The lowest BCUT2D eigenvalue weighted by molar-refractivity contribution is -0.187. The quantitative estimate of drug-likeness (QED) is 0.684. The predicted molar refractivity (Wildman–Crippen MR) is 102 cm³/mol. The first-order chi connectivity index (χ1) is 13.7. The van der Waals surface area contributed by atoms with Gasteiger partial charge in [0.25, 0.3) is 5.56 Å². The number of piperidine rings is 1. The normalized spacial score (nSPS) is 19.1. The highest BCUT2D eigenvalue weighted by atomic mass is 16.7. The number of likely N-dealkylation sites (tertiary alicyclic amines) is 1. The van der Waals surface area contributed by atoms with E-state index in [1.54, 1.807) is 16.8 Å². The Kier molecular flexibility index (Phi) is 4.17. The molecule has 5 rings (SSSR count). The van der Waals surface area contributed by atoms with Gasteiger partial charge in [-0.2, -0.15) is 0 Å². The number of carbonyl (C=O) groups is 1. The lowest BCUT2D eigenvalue weighted by Crippen LogP contribution is -2.47. The van der Waals surface area contributed by atoms with Gasteiger partial charge < -0.3 is 18.8 Å². The van der Waals surface area contributed by atoms with Crippen molar-refractivity contribution in [3.63, 3.8) is 0 Å². The van der Waals surface area contributed by atoms with Gasteiger partial charge in [-0.3, -0.25) is 14.2 Å². The molecule has 3 aromatic rings. The van der Waals surface area contributed by atoms with E-state index in [4.69, 9.17) is 9.47 Å². The average Bonchev–Trinajstić information content (AvgIpc) is 3.39. The minimum Gasteiger partial charge on any atom is -0.347 e. The van der Waals surface area contributed by atoms with Crippen molar-refractivity contribution < 1.29 is 14.3 Å². The number of pyridine rings is 1. The Hall–Kier alpha value is -2.71. The SMILES string of the molecule is O=C(CCn1c(=O)c2cccn2c2cccnc21)N1CCC2(CC1)OCCO2. The molecule has 2 aliphatic rings. The zero-order valence-corrected chi connectivity index (χ0v) is 15.5. The molecule has 0 N–H and O–H groups in total. The molecule has 1 spiro atoms. The van der Waals surface area contributed by atoms with Crippen molar-refractivity contribution in [3.05, 3.63) is 47.0 Å². The van der Waals surface area contributed by atoms with Crippen LogP contribution in [0.15, 0.2) is 41.5 Å². The van der Waals surface area contributed by atoms with Crippen LogP contribution in [0.3, 0.4) is 0 Å². The second-order valence-electron chi connectivity index (χ2n) is 7.30. The molecule has 28 heavy (non-hydrogen) atoms. The van der Waals surface area contributed by atoms with Crippen molar-refractivity contribution in [1.29, 1.82) is 0 Å². The van der Waals surface area contributed by atoms with Gasteiger partial charge in [-0.25, -0.2) is 4.98 Å². The second-order valence-corrected chi connectivity index (χ2v) is 7.30. The summed E-state index contributed by atoms with van der Waals surface area (Å²) in [7, 11) is 0. The summed E-state index contributed by atoms with van der Waals surface area (Å²) in [6, 6.07) is 7.41. The Morgan fingerprint density at radius 2 is 1.86 bits per heavy atom. The summed E-state index contributed by atoms with van der Waals surface area (Å²) in [6.07, 6.45) is 5.17. The lowest BCUT2D eigenvalue weighted by Gasteiger charge is -2.37. The molecule has 0 aromatic carbocycles. The molecule has 0 bridgehead atoms. The van der Waals surface area contributed by atoms with Gasteiger partial charge in [-0.15, -0.1) is 0 Å². The van der Waals surface area contributed by atoms with Crippen molar-refractivity contribution in [2.24, 2.45) is 0 Å². The minimum atomic E-state index is -0.492. The fraction of sp³-hybridized carbons (Fsp3) is 0.450. The van der Waals surface area contributed by atoms with E-state index in [2.05, 4.69) is 4.98 Å². The van der Waals surface area contributed by atoms with Gasteiger partial charge in [0.15, 0.2) is 11.4 Å². The summed E-state index contributed by atoms with van der Waals surface area (Å²) in [5.74, 6) is -0.451. The van der Waals surface area contributed by atoms with E-state index in [0.717, 1.165) is 5.52 Å². The first-order valence-electron chi connectivity index (χ1n) is 9.67. The minimum absolute atomic E-state index is 0.0408. The highest BCUT2D eigenvalue weighted by molar-refractivity contribution is 5.77. The molecule has 0 atom stereocenters. The molecule has 8 nitrogen and oxygen atoms in total. The molecule has 0 radical (unpaired) electrons. The number of rotatable bonds is 3. The van der Waals surface area contributed by atoms with E-state index in [1.807, 2.05) is 33.7 Å².